The van der Waals surface area contributed by atoms with Crippen molar-refractivity contribution < 1.29 is 32.7 Å². The van der Waals surface area contributed by atoms with Gasteiger partial charge in [-0.3, -0.25) is 9.59 Å². The Morgan fingerprint density at radius 3 is 2.45 bits per heavy atom. The van der Waals surface area contributed by atoms with E-state index in [1.165, 1.54) is 6.92 Å². The van der Waals surface area contributed by atoms with Gasteiger partial charge in [-0.15, -0.1) is 0 Å². The summed E-state index contributed by atoms with van der Waals surface area (Å²) in [6.07, 6.45) is -4.63. The Morgan fingerprint density at radius 1 is 1.35 bits per heavy atom. The predicted octanol–water partition coefficient (Wildman–Crippen LogP) is 0.521. The molecule has 9 heteroatoms. The molecule has 0 bridgehead atoms. The second-order valence-corrected chi connectivity index (χ2v) is 4.80. The van der Waals surface area contributed by atoms with E-state index in [1.807, 2.05) is 0 Å². The summed E-state index contributed by atoms with van der Waals surface area (Å²) < 4.78 is 35.7. The highest BCUT2D eigenvalue weighted by Crippen LogP contribution is 2.29. The van der Waals surface area contributed by atoms with E-state index in [9.17, 15) is 27.6 Å². The van der Waals surface area contributed by atoms with E-state index in [1.54, 1.807) is 5.32 Å². The number of alkyl halides is 3. The van der Waals surface area contributed by atoms with Gasteiger partial charge >= 0.3 is 12.1 Å². The highest BCUT2D eigenvalue weighted by molar-refractivity contribution is 5.99. The molecule has 1 fully saturated rings. The van der Waals surface area contributed by atoms with Crippen molar-refractivity contribution in [1.29, 1.82) is 0 Å². The highest BCUT2D eigenvalue weighted by atomic mass is 19.4. The minimum Gasteiger partial charge on any atom is -0.480 e. The molecule has 20 heavy (non-hydrogen) atoms. The zero-order valence-electron chi connectivity index (χ0n) is 10.8. The highest BCUT2D eigenvalue weighted by Gasteiger charge is 2.46. The largest absolute Gasteiger partial charge is 0.480 e. The summed E-state index contributed by atoms with van der Waals surface area (Å²) >= 11 is 0. The third-order valence-corrected chi connectivity index (χ3v) is 3.20. The fraction of sp³-hybridized carbons (Fsp3) is 0.727. The van der Waals surface area contributed by atoms with E-state index in [4.69, 9.17) is 5.11 Å². The van der Waals surface area contributed by atoms with E-state index in [0.717, 1.165) is 4.90 Å². The summed E-state index contributed by atoms with van der Waals surface area (Å²) in [6, 6.07) is 0. The van der Waals surface area contributed by atoms with Crippen LogP contribution < -0.4 is 5.32 Å². The van der Waals surface area contributed by atoms with E-state index >= 15 is 0 Å². The predicted molar refractivity (Wildman–Crippen MR) is 60.7 cm³/mol. The van der Waals surface area contributed by atoms with Gasteiger partial charge in [-0.05, 0) is 19.8 Å². The zero-order chi connectivity index (χ0) is 15.6. The molecule has 0 aliphatic carbocycles. The topological polar surface area (TPSA) is 86.7 Å². The number of halogens is 3. The number of carbonyl (C=O) groups excluding carboxylic acids is 2. The molecule has 1 aliphatic rings. The Kier molecular flexibility index (Phi) is 4.61. The molecule has 6 nitrogen and oxygen atoms in total. The number of nitrogens with one attached hydrogen (secondary N) is 1. The van der Waals surface area contributed by atoms with Crippen molar-refractivity contribution in [3.05, 3.63) is 0 Å². The third kappa shape index (κ3) is 3.84. The zero-order valence-corrected chi connectivity index (χ0v) is 10.8. The summed E-state index contributed by atoms with van der Waals surface area (Å²) in [5, 5.41) is 10.7. The number of aliphatic carboxylic acids is 1. The average Bonchev–Trinajstić information content (AvgIpc) is 2.69. The number of nitrogens with zero attached hydrogens (tertiary/aromatic N) is 1. The van der Waals surface area contributed by atoms with E-state index in [0.29, 0.717) is 6.42 Å². The molecule has 0 saturated carbocycles. The van der Waals surface area contributed by atoms with Gasteiger partial charge in [0.15, 0.2) is 0 Å². The Hall–Kier alpha value is -1.80. The lowest BCUT2D eigenvalue weighted by Gasteiger charge is -2.31. The molecule has 1 rings (SSSR count). The molecule has 0 spiro atoms. The summed E-state index contributed by atoms with van der Waals surface area (Å²) in [5.41, 5.74) is -1.40. The molecule has 1 aliphatic heterocycles. The van der Waals surface area contributed by atoms with Crippen LogP contribution in [-0.4, -0.2) is 52.6 Å². The lowest BCUT2D eigenvalue weighted by atomic mass is 9.99. The fourth-order valence-electron chi connectivity index (χ4n) is 2.08. The van der Waals surface area contributed by atoms with Crippen LogP contribution in [-0.2, 0) is 14.4 Å². The van der Waals surface area contributed by atoms with Gasteiger partial charge in [-0.2, -0.15) is 13.2 Å². The molecular weight excluding hydrogens is 281 g/mol. The van der Waals surface area contributed by atoms with Crippen molar-refractivity contribution in [2.75, 3.05) is 13.1 Å². The Morgan fingerprint density at radius 2 is 1.95 bits per heavy atom. The maximum absolute atomic E-state index is 11.9. The monoisotopic (exact) mass is 296 g/mol. The van der Waals surface area contributed by atoms with Gasteiger partial charge in [-0.1, -0.05) is 0 Å². The van der Waals surface area contributed by atoms with Crippen LogP contribution in [0.2, 0.25) is 0 Å². The van der Waals surface area contributed by atoms with Gasteiger partial charge in [0.2, 0.25) is 11.8 Å². The van der Waals surface area contributed by atoms with Crippen LogP contribution in [0, 0.1) is 0 Å². The van der Waals surface area contributed by atoms with E-state index in [-0.39, 0.29) is 13.0 Å². The molecule has 1 unspecified atom stereocenters. The van der Waals surface area contributed by atoms with Crippen molar-refractivity contribution in [3.8, 4) is 0 Å². The molecular formula is C11H15F3N2O4. The summed E-state index contributed by atoms with van der Waals surface area (Å²) in [6.45, 7) is 0.0113. The van der Waals surface area contributed by atoms with E-state index < -0.39 is 42.5 Å². The molecule has 2 N–H and O–H groups in total. The minimum absolute atomic E-state index is 0.175. The third-order valence-electron chi connectivity index (χ3n) is 3.20. The number of carbonyl (C=O) groups is 3. The Balaban J connectivity index is 2.58. The van der Waals surface area contributed by atoms with Crippen LogP contribution in [0.1, 0.15) is 26.2 Å². The minimum atomic E-state index is -4.55. The number of hydrogen-bond donors (Lipinski definition) is 2. The van der Waals surface area contributed by atoms with Gasteiger partial charge in [-0.25, -0.2) is 4.79 Å². The molecule has 0 aromatic heterocycles. The second-order valence-electron chi connectivity index (χ2n) is 4.80. The smallest absolute Gasteiger partial charge is 0.405 e. The van der Waals surface area contributed by atoms with Crippen molar-refractivity contribution in [2.45, 2.75) is 37.9 Å². The standard InChI is InChI=1S/C11H15F3N2O4/c1-10(9(19)20)3-2-4-16(10)8(18)5-7(17)15-6-11(12,13)14/h2-6H2,1H3,(H,15,17)(H,19,20). The quantitative estimate of drug-likeness (QED) is 0.741. The van der Waals surface area contributed by atoms with Crippen molar-refractivity contribution in [3.63, 3.8) is 0 Å². The molecule has 0 aromatic carbocycles. The van der Waals surface area contributed by atoms with Crippen LogP contribution in [0.25, 0.3) is 0 Å². The number of carboxylic acid groups (broad SMARTS) is 1. The van der Waals surface area contributed by atoms with E-state index in [2.05, 4.69) is 0 Å². The van der Waals surface area contributed by atoms with Gasteiger partial charge in [0, 0.05) is 6.54 Å². The lowest BCUT2D eigenvalue weighted by molar-refractivity contribution is -0.156. The number of likely N-dealkylation sites (tertiary alicyclic amines) is 1. The maximum Gasteiger partial charge on any atom is 0.405 e. The molecule has 1 atom stereocenters. The SMILES string of the molecule is CC1(C(=O)O)CCCN1C(=O)CC(=O)NCC(F)(F)F. The molecule has 1 heterocycles. The summed E-state index contributed by atoms with van der Waals surface area (Å²) in [5.74, 6) is -3.06. The second kappa shape index (κ2) is 5.68. The fourth-order valence-corrected chi connectivity index (χ4v) is 2.08. The molecule has 1 saturated heterocycles. The van der Waals surface area contributed by atoms with Gasteiger partial charge in [0.25, 0.3) is 0 Å². The molecule has 0 radical (unpaired) electrons. The van der Waals surface area contributed by atoms with Crippen molar-refractivity contribution >= 4 is 17.8 Å². The first kappa shape index (κ1) is 16.3. The maximum atomic E-state index is 11.9. The van der Waals surface area contributed by atoms with Crippen LogP contribution in [0.3, 0.4) is 0 Å². The first-order valence-electron chi connectivity index (χ1n) is 5.93. The number of amides is 2. The van der Waals surface area contributed by atoms with Crippen LogP contribution in [0.4, 0.5) is 13.2 Å². The normalized spacial score (nSPS) is 22.7. The molecule has 0 aromatic rings. The van der Waals surface area contributed by atoms with Crippen molar-refractivity contribution in [2.24, 2.45) is 0 Å². The Bertz CT molecular complexity index is 424. The first-order valence-corrected chi connectivity index (χ1v) is 5.93. The number of rotatable bonds is 4. The van der Waals surface area contributed by atoms with Crippen LogP contribution >= 0.6 is 0 Å². The lowest BCUT2D eigenvalue weighted by Crippen LogP contribution is -2.51. The first-order chi connectivity index (χ1) is 9.06. The van der Waals surface area contributed by atoms with Gasteiger partial charge in [0.05, 0.1) is 0 Å². The molecule has 114 valence electrons. The molecule has 2 amide bonds. The van der Waals surface area contributed by atoms with Crippen LogP contribution in [0.15, 0.2) is 0 Å². The Labute approximate surface area is 112 Å². The van der Waals surface area contributed by atoms with Gasteiger partial charge < -0.3 is 15.3 Å². The van der Waals surface area contributed by atoms with Crippen LogP contribution in [0.5, 0.6) is 0 Å². The summed E-state index contributed by atoms with van der Waals surface area (Å²) in [7, 11) is 0. The van der Waals surface area contributed by atoms with Gasteiger partial charge in [0.1, 0.15) is 18.5 Å². The summed E-state index contributed by atoms with van der Waals surface area (Å²) in [4.78, 5) is 35.2. The average molecular weight is 296 g/mol. The van der Waals surface area contributed by atoms with Crippen molar-refractivity contribution in [1.82, 2.24) is 10.2 Å². The number of carboxylic acids is 1. The number of hydrogen-bond acceptors (Lipinski definition) is 3.